The number of hydrogen-bond donors (Lipinski definition) is 3. The summed E-state index contributed by atoms with van der Waals surface area (Å²) in [5.41, 5.74) is 0.0220. The molecule has 3 N–H and O–H groups in total. The molecule has 0 saturated carbocycles. The molecule has 3 rings (SSSR count). The number of nitro benzene ring substituents is 1. The summed E-state index contributed by atoms with van der Waals surface area (Å²) in [7, 11) is 0. The van der Waals surface area contributed by atoms with Gasteiger partial charge in [0.1, 0.15) is 0 Å². The molecule has 8 heteroatoms. The summed E-state index contributed by atoms with van der Waals surface area (Å²) in [6, 6.07) is 5.24. The molecular weight excluding hydrogens is 324 g/mol. The van der Waals surface area contributed by atoms with E-state index in [1.807, 2.05) is 0 Å². The molecule has 25 heavy (non-hydrogen) atoms. The van der Waals surface area contributed by atoms with Crippen LogP contribution < -0.4 is 16.2 Å². The monoisotopic (exact) mass is 344 g/mol. The number of benzene rings is 1. The Morgan fingerprint density at radius 3 is 2.92 bits per heavy atom. The van der Waals surface area contributed by atoms with Crippen LogP contribution in [0.3, 0.4) is 0 Å². The second kappa shape index (κ2) is 7.43. The van der Waals surface area contributed by atoms with Crippen molar-refractivity contribution in [2.75, 3.05) is 19.6 Å². The fourth-order valence-electron chi connectivity index (χ4n) is 3.20. The molecule has 1 aromatic heterocycles. The third-order valence-corrected chi connectivity index (χ3v) is 4.52. The Labute approximate surface area is 143 Å². The van der Waals surface area contributed by atoms with Crippen molar-refractivity contribution in [3.05, 3.63) is 50.3 Å². The van der Waals surface area contributed by atoms with Crippen LogP contribution >= 0.6 is 0 Å². The quantitative estimate of drug-likeness (QED) is 0.562. The molecule has 1 saturated heterocycles. The van der Waals surface area contributed by atoms with Gasteiger partial charge in [-0.25, -0.2) is 0 Å². The lowest BCUT2D eigenvalue weighted by molar-refractivity contribution is -0.384. The molecule has 1 aromatic carbocycles. The van der Waals surface area contributed by atoms with Crippen molar-refractivity contribution in [2.45, 2.75) is 19.3 Å². The summed E-state index contributed by atoms with van der Waals surface area (Å²) in [6.07, 6.45) is 3.14. The summed E-state index contributed by atoms with van der Waals surface area (Å²) in [6.45, 7) is 2.50. The zero-order chi connectivity index (χ0) is 17.8. The summed E-state index contributed by atoms with van der Waals surface area (Å²) in [5.74, 6) is 0.145. The highest BCUT2D eigenvalue weighted by molar-refractivity contribution is 6.06. The highest BCUT2D eigenvalue weighted by atomic mass is 16.6. The molecule has 0 spiro atoms. The number of hydrogen-bond acceptors (Lipinski definition) is 5. The first-order valence-corrected chi connectivity index (χ1v) is 8.35. The van der Waals surface area contributed by atoms with Crippen LogP contribution in [0.2, 0.25) is 0 Å². The Bertz CT molecular complexity index is 855. The van der Waals surface area contributed by atoms with Crippen LogP contribution in [0.15, 0.2) is 29.1 Å². The van der Waals surface area contributed by atoms with E-state index in [9.17, 15) is 19.7 Å². The van der Waals surface area contributed by atoms with Gasteiger partial charge in [0.05, 0.1) is 10.5 Å². The van der Waals surface area contributed by atoms with E-state index in [4.69, 9.17) is 0 Å². The van der Waals surface area contributed by atoms with Gasteiger partial charge < -0.3 is 15.6 Å². The molecule has 8 nitrogen and oxygen atoms in total. The number of nitro groups is 1. The highest BCUT2D eigenvalue weighted by Gasteiger charge is 2.17. The fourth-order valence-corrected chi connectivity index (χ4v) is 3.20. The molecule has 1 fully saturated rings. The van der Waals surface area contributed by atoms with Gasteiger partial charge in [-0.2, -0.15) is 0 Å². The van der Waals surface area contributed by atoms with Crippen LogP contribution in [0.1, 0.15) is 29.6 Å². The number of pyridine rings is 1. The van der Waals surface area contributed by atoms with Gasteiger partial charge >= 0.3 is 0 Å². The number of nitrogens with one attached hydrogen (secondary N) is 3. The molecule has 0 radical (unpaired) electrons. The minimum Gasteiger partial charge on any atom is -0.352 e. The number of rotatable bonds is 5. The number of amides is 1. The van der Waals surface area contributed by atoms with Gasteiger partial charge in [0, 0.05) is 35.6 Å². The van der Waals surface area contributed by atoms with Crippen LogP contribution in [0.5, 0.6) is 0 Å². The predicted octanol–water partition coefficient (Wildman–Crippen LogP) is 1.56. The van der Waals surface area contributed by atoms with Gasteiger partial charge in [0.2, 0.25) is 5.56 Å². The van der Waals surface area contributed by atoms with E-state index in [-0.39, 0.29) is 17.2 Å². The van der Waals surface area contributed by atoms with Gasteiger partial charge in [-0.3, -0.25) is 19.7 Å². The number of carbonyl (C=O) groups excluding carboxylic acids is 1. The Kier molecular flexibility index (Phi) is 5.08. The highest BCUT2D eigenvalue weighted by Crippen LogP contribution is 2.21. The number of H-pyrrole nitrogens is 1. The van der Waals surface area contributed by atoms with Crippen LogP contribution in [0.25, 0.3) is 10.9 Å². The summed E-state index contributed by atoms with van der Waals surface area (Å²) >= 11 is 0. The lowest BCUT2D eigenvalue weighted by Gasteiger charge is -2.22. The standard InChI is InChI=1S/C17H20N4O4/c22-16-9-14(13-8-12(21(24)25)3-4-15(13)20-16)17(23)19-7-5-11-2-1-6-18-10-11/h3-4,8-9,11,18H,1-2,5-7,10H2,(H,19,23)(H,20,22). The zero-order valence-corrected chi connectivity index (χ0v) is 13.7. The number of piperidine rings is 1. The molecule has 2 aromatic rings. The second-order valence-corrected chi connectivity index (χ2v) is 6.29. The van der Waals surface area contributed by atoms with Crippen LogP contribution in [-0.4, -0.2) is 35.4 Å². The molecule has 1 aliphatic heterocycles. The Hall–Kier alpha value is -2.74. The van der Waals surface area contributed by atoms with Crippen LogP contribution in [0, 0.1) is 16.0 Å². The molecular formula is C17H20N4O4. The predicted molar refractivity (Wildman–Crippen MR) is 93.8 cm³/mol. The van der Waals surface area contributed by atoms with Gasteiger partial charge in [-0.05, 0) is 44.3 Å². The van der Waals surface area contributed by atoms with E-state index in [0.29, 0.717) is 23.4 Å². The first-order valence-electron chi connectivity index (χ1n) is 8.35. The number of non-ortho nitro benzene ring substituents is 1. The minimum atomic E-state index is -0.525. The number of nitrogens with zero attached hydrogens (tertiary/aromatic N) is 1. The lowest BCUT2D eigenvalue weighted by Crippen LogP contribution is -2.33. The lowest BCUT2D eigenvalue weighted by atomic mass is 9.96. The summed E-state index contributed by atoms with van der Waals surface area (Å²) in [4.78, 5) is 37.3. The normalized spacial score (nSPS) is 17.4. The van der Waals surface area contributed by atoms with Crippen LogP contribution in [-0.2, 0) is 0 Å². The van der Waals surface area contributed by atoms with Crippen molar-refractivity contribution in [2.24, 2.45) is 5.92 Å². The number of aromatic amines is 1. The van der Waals surface area contributed by atoms with E-state index in [1.54, 1.807) is 0 Å². The molecule has 1 amide bonds. The van der Waals surface area contributed by atoms with Gasteiger partial charge in [0.15, 0.2) is 0 Å². The molecule has 2 heterocycles. The average Bonchev–Trinajstić information content (AvgIpc) is 2.61. The molecule has 0 bridgehead atoms. The summed E-state index contributed by atoms with van der Waals surface area (Å²) < 4.78 is 0. The minimum absolute atomic E-state index is 0.123. The van der Waals surface area contributed by atoms with E-state index in [0.717, 1.165) is 32.4 Å². The smallest absolute Gasteiger partial charge is 0.270 e. The molecule has 1 unspecified atom stereocenters. The fraction of sp³-hybridized carbons (Fsp3) is 0.412. The van der Waals surface area contributed by atoms with Gasteiger partial charge in [-0.15, -0.1) is 0 Å². The van der Waals surface area contributed by atoms with E-state index in [1.165, 1.54) is 24.3 Å². The van der Waals surface area contributed by atoms with Crippen molar-refractivity contribution in [1.82, 2.24) is 15.6 Å². The van der Waals surface area contributed by atoms with Gasteiger partial charge in [0.25, 0.3) is 11.6 Å². The zero-order valence-electron chi connectivity index (χ0n) is 13.7. The maximum Gasteiger partial charge on any atom is 0.270 e. The maximum atomic E-state index is 12.5. The number of aromatic nitrogens is 1. The molecule has 132 valence electrons. The van der Waals surface area contributed by atoms with Crippen molar-refractivity contribution < 1.29 is 9.72 Å². The molecule has 1 aliphatic rings. The van der Waals surface area contributed by atoms with E-state index < -0.39 is 10.5 Å². The Morgan fingerprint density at radius 1 is 1.36 bits per heavy atom. The third-order valence-electron chi connectivity index (χ3n) is 4.52. The van der Waals surface area contributed by atoms with E-state index >= 15 is 0 Å². The summed E-state index contributed by atoms with van der Waals surface area (Å²) in [5, 5.41) is 17.5. The SMILES string of the molecule is O=C(NCCC1CCCNC1)c1cc(=O)[nH]c2ccc([N+](=O)[O-])cc12. The average molecular weight is 344 g/mol. The number of carbonyl (C=O) groups is 1. The topological polar surface area (TPSA) is 117 Å². The maximum absolute atomic E-state index is 12.5. The van der Waals surface area contributed by atoms with Crippen molar-refractivity contribution in [3.8, 4) is 0 Å². The third kappa shape index (κ3) is 4.03. The van der Waals surface area contributed by atoms with E-state index in [2.05, 4.69) is 15.6 Å². The van der Waals surface area contributed by atoms with Crippen LogP contribution in [0.4, 0.5) is 5.69 Å². The molecule has 1 atom stereocenters. The Balaban J connectivity index is 1.78. The largest absolute Gasteiger partial charge is 0.352 e. The second-order valence-electron chi connectivity index (χ2n) is 6.29. The van der Waals surface area contributed by atoms with Crippen molar-refractivity contribution in [1.29, 1.82) is 0 Å². The Morgan fingerprint density at radius 2 is 2.20 bits per heavy atom. The van der Waals surface area contributed by atoms with Crippen molar-refractivity contribution >= 4 is 22.5 Å². The van der Waals surface area contributed by atoms with Crippen molar-refractivity contribution in [3.63, 3.8) is 0 Å². The van der Waals surface area contributed by atoms with Gasteiger partial charge in [-0.1, -0.05) is 0 Å². The molecule has 0 aliphatic carbocycles. The number of fused-ring (bicyclic) bond motifs is 1. The first-order chi connectivity index (χ1) is 12.0. The first kappa shape index (κ1) is 17.1.